The van der Waals surface area contributed by atoms with Crippen molar-refractivity contribution in [3.05, 3.63) is 21.4 Å². The summed E-state index contributed by atoms with van der Waals surface area (Å²) >= 11 is 1.56. The second-order valence-corrected chi connectivity index (χ2v) is 5.59. The molecule has 1 fully saturated rings. The fraction of sp³-hybridized carbons (Fsp3) is 0.500. The van der Waals surface area contributed by atoms with Gasteiger partial charge in [0.15, 0.2) is 0 Å². The largest absolute Gasteiger partial charge is 0.481 e. The zero-order valence-corrected chi connectivity index (χ0v) is 10.6. The van der Waals surface area contributed by atoms with Crippen LogP contribution in [-0.2, 0) is 4.79 Å². The summed E-state index contributed by atoms with van der Waals surface area (Å²) in [6.45, 7) is 3.92. The van der Waals surface area contributed by atoms with Crippen molar-refractivity contribution in [1.82, 2.24) is 5.32 Å². The van der Waals surface area contributed by atoms with E-state index >= 15 is 0 Å². The lowest BCUT2D eigenvalue weighted by Crippen LogP contribution is -2.46. The van der Waals surface area contributed by atoms with Gasteiger partial charge >= 0.3 is 5.97 Å². The Morgan fingerprint density at radius 2 is 2.06 bits per heavy atom. The van der Waals surface area contributed by atoms with E-state index in [4.69, 9.17) is 5.11 Å². The van der Waals surface area contributed by atoms with Crippen LogP contribution in [0.3, 0.4) is 0 Å². The molecule has 0 unspecified atom stereocenters. The molecule has 1 amide bonds. The summed E-state index contributed by atoms with van der Waals surface area (Å²) in [5, 5.41) is 13.5. The van der Waals surface area contributed by atoms with Crippen LogP contribution in [-0.4, -0.2) is 23.0 Å². The molecule has 4 nitrogen and oxygen atoms in total. The first-order chi connectivity index (χ1) is 7.99. The number of thiophene rings is 1. The van der Waals surface area contributed by atoms with Gasteiger partial charge in [-0.05, 0) is 32.3 Å². The van der Waals surface area contributed by atoms with E-state index in [1.54, 1.807) is 11.3 Å². The van der Waals surface area contributed by atoms with Crippen LogP contribution in [0.25, 0.3) is 0 Å². The maximum atomic E-state index is 11.9. The number of hydrogen-bond acceptors (Lipinski definition) is 3. The highest BCUT2D eigenvalue weighted by atomic mass is 32.1. The Hall–Kier alpha value is -1.36. The van der Waals surface area contributed by atoms with Crippen LogP contribution in [0.4, 0.5) is 0 Å². The number of hydrogen-bond donors (Lipinski definition) is 2. The van der Waals surface area contributed by atoms with Crippen molar-refractivity contribution < 1.29 is 14.7 Å². The number of aryl methyl sites for hydroxylation is 1. The molecule has 92 valence electrons. The quantitative estimate of drug-likeness (QED) is 0.865. The molecule has 1 aliphatic rings. The fourth-order valence-corrected chi connectivity index (χ4v) is 2.80. The molecule has 1 aromatic heterocycles. The zero-order chi connectivity index (χ0) is 12.6. The average Bonchev–Trinajstić information content (AvgIpc) is 2.52. The number of nitrogens with one attached hydrogen (secondary N) is 1. The van der Waals surface area contributed by atoms with E-state index in [1.165, 1.54) is 0 Å². The molecular weight excluding hydrogens is 238 g/mol. The summed E-state index contributed by atoms with van der Waals surface area (Å²) in [6.07, 6.45) is 1.09. The van der Waals surface area contributed by atoms with Gasteiger partial charge in [0.05, 0.1) is 11.5 Å². The number of carboxylic acids is 1. The predicted octanol–water partition coefficient (Wildman–Crippen LogP) is 1.96. The lowest BCUT2D eigenvalue weighted by molar-refractivity contribution is -0.145. The van der Waals surface area contributed by atoms with E-state index in [0.717, 1.165) is 10.4 Å². The molecule has 2 rings (SSSR count). The van der Waals surface area contributed by atoms with Crippen molar-refractivity contribution in [3.8, 4) is 0 Å². The van der Waals surface area contributed by atoms with E-state index in [2.05, 4.69) is 5.32 Å². The van der Waals surface area contributed by atoms with E-state index < -0.39 is 5.97 Å². The summed E-state index contributed by atoms with van der Waals surface area (Å²) < 4.78 is 0. The van der Waals surface area contributed by atoms with E-state index in [9.17, 15) is 9.59 Å². The van der Waals surface area contributed by atoms with Crippen molar-refractivity contribution in [2.75, 3.05) is 0 Å². The third kappa shape index (κ3) is 2.34. The Morgan fingerprint density at radius 1 is 1.41 bits per heavy atom. The molecule has 2 N–H and O–H groups in total. The van der Waals surface area contributed by atoms with Gasteiger partial charge in [0.2, 0.25) is 0 Å². The van der Waals surface area contributed by atoms with Crippen LogP contribution in [0, 0.1) is 19.8 Å². The summed E-state index contributed by atoms with van der Waals surface area (Å²) in [4.78, 5) is 23.7. The van der Waals surface area contributed by atoms with E-state index in [1.807, 2.05) is 19.2 Å². The van der Waals surface area contributed by atoms with Crippen molar-refractivity contribution >= 4 is 23.2 Å². The molecule has 1 aromatic rings. The number of aliphatic carboxylic acids is 1. The van der Waals surface area contributed by atoms with E-state index in [-0.39, 0.29) is 17.9 Å². The number of carbonyl (C=O) groups excluding carboxylic acids is 1. The van der Waals surface area contributed by atoms with Gasteiger partial charge in [0, 0.05) is 16.3 Å². The van der Waals surface area contributed by atoms with Gasteiger partial charge in [-0.25, -0.2) is 0 Å². The van der Waals surface area contributed by atoms with Crippen LogP contribution in [0.15, 0.2) is 5.38 Å². The first kappa shape index (κ1) is 12.1. The Labute approximate surface area is 104 Å². The average molecular weight is 253 g/mol. The highest BCUT2D eigenvalue weighted by Gasteiger charge is 2.35. The normalized spacial score (nSPS) is 22.9. The van der Waals surface area contributed by atoms with Gasteiger partial charge in [0.25, 0.3) is 5.91 Å². The number of rotatable bonds is 3. The standard InChI is InChI=1S/C12H15NO3S/c1-6-7(2)17-5-10(6)11(14)13-9-3-8(4-9)12(15)16/h5,8-9H,3-4H2,1-2H3,(H,13,14)(H,15,16). The van der Waals surface area contributed by atoms with Gasteiger partial charge < -0.3 is 10.4 Å². The molecule has 0 saturated heterocycles. The lowest BCUT2D eigenvalue weighted by atomic mass is 9.80. The summed E-state index contributed by atoms with van der Waals surface area (Å²) in [5.74, 6) is -1.13. The van der Waals surface area contributed by atoms with Gasteiger partial charge in [-0.3, -0.25) is 9.59 Å². The second kappa shape index (κ2) is 4.49. The van der Waals surface area contributed by atoms with Crippen molar-refractivity contribution in [3.63, 3.8) is 0 Å². The SMILES string of the molecule is Cc1scc(C(=O)NC2CC(C(=O)O)C2)c1C. The number of amides is 1. The van der Waals surface area contributed by atoms with Crippen molar-refractivity contribution in [1.29, 1.82) is 0 Å². The Kier molecular flexibility index (Phi) is 3.19. The van der Waals surface area contributed by atoms with Crippen molar-refractivity contribution in [2.45, 2.75) is 32.7 Å². The van der Waals surface area contributed by atoms with E-state index in [0.29, 0.717) is 18.4 Å². The Balaban J connectivity index is 1.91. The molecule has 0 atom stereocenters. The smallest absolute Gasteiger partial charge is 0.306 e. The summed E-state index contributed by atoms with van der Waals surface area (Å²) in [7, 11) is 0. The van der Waals surface area contributed by atoms with Gasteiger partial charge in [-0.1, -0.05) is 0 Å². The first-order valence-corrected chi connectivity index (χ1v) is 6.45. The minimum absolute atomic E-state index is 0.0169. The van der Waals surface area contributed by atoms with Crippen molar-refractivity contribution in [2.24, 2.45) is 5.92 Å². The molecule has 0 aliphatic heterocycles. The van der Waals surface area contributed by atoms with Crippen LogP contribution in [0.5, 0.6) is 0 Å². The van der Waals surface area contributed by atoms with Crippen LogP contribution >= 0.6 is 11.3 Å². The number of carboxylic acid groups (broad SMARTS) is 1. The highest BCUT2D eigenvalue weighted by molar-refractivity contribution is 7.10. The number of carbonyl (C=O) groups is 2. The Morgan fingerprint density at radius 3 is 2.53 bits per heavy atom. The molecular formula is C12H15NO3S. The molecule has 0 spiro atoms. The summed E-state index contributed by atoms with van der Waals surface area (Å²) in [6, 6.07) is 0.0169. The molecule has 5 heteroatoms. The predicted molar refractivity (Wildman–Crippen MR) is 65.4 cm³/mol. The topological polar surface area (TPSA) is 66.4 Å². The molecule has 17 heavy (non-hydrogen) atoms. The molecule has 0 bridgehead atoms. The van der Waals surface area contributed by atoms with Gasteiger partial charge in [0.1, 0.15) is 0 Å². The maximum absolute atomic E-state index is 11.9. The fourth-order valence-electron chi connectivity index (χ4n) is 1.94. The molecule has 1 aliphatic carbocycles. The lowest BCUT2D eigenvalue weighted by Gasteiger charge is -2.32. The van der Waals surface area contributed by atoms with Crippen LogP contribution in [0.1, 0.15) is 33.6 Å². The van der Waals surface area contributed by atoms with Crippen LogP contribution < -0.4 is 5.32 Å². The van der Waals surface area contributed by atoms with Gasteiger partial charge in [-0.2, -0.15) is 0 Å². The Bertz CT molecular complexity index is 460. The molecule has 0 aromatic carbocycles. The second-order valence-electron chi connectivity index (χ2n) is 4.51. The highest BCUT2D eigenvalue weighted by Crippen LogP contribution is 2.28. The summed E-state index contributed by atoms with van der Waals surface area (Å²) in [5.41, 5.74) is 1.73. The monoisotopic (exact) mass is 253 g/mol. The molecule has 1 heterocycles. The third-order valence-corrected chi connectivity index (χ3v) is 4.37. The minimum atomic E-state index is -0.766. The third-order valence-electron chi connectivity index (χ3n) is 3.35. The van der Waals surface area contributed by atoms with Crippen LogP contribution in [0.2, 0.25) is 0 Å². The zero-order valence-electron chi connectivity index (χ0n) is 9.82. The first-order valence-electron chi connectivity index (χ1n) is 5.57. The maximum Gasteiger partial charge on any atom is 0.306 e. The minimum Gasteiger partial charge on any atom is -0.481 e. The molecule has 0 radical (unpaired) electrons. The van der Waals surface area contributed by atoms with Gasteiger partial charge in [-0.15, -0.1) is 11.3 Å². The molecule has 1 saturated carbocycles.